The first-order chi connectivity index (χ1) is 21.2. The molecule has 246 valence electrons. The summed E-state index contributed by atoms with van der Waals surface area (Å²) in [6, 6.07) is 4.77. The number of halogens is 2. The van der Waals surface area contributed by atoms with Crippen molar-refractivity contribution in [3.8, 4) is 5.75 Å². The number of methoxy groups -OCH3 is 1. The van der Waals surface area contributed by atoms with Gasteiger partial charge in [0.15, 0.2) is 11.9 Å². The number of aliphatic hydroxyl groups excluding tert-OH is 2. The SMILES string of the molecule is COc1cc(CO)c2oc(COC(=O)Cc3ccn([C@@H]4OC(COP(=O)(O)N[C@@H](C)C(=O)CN)[C@@H](O)C4(F)F)c(=O)n3)cc2c1. The molecule has 16 nitrogen and oxygen atoms in total. The van der Waals surface area contributed by atoms with E-state index in [4.69, 9.17) is 28.9 Å². The van der Waals surface area contributed by atoms with E-state index < -0.39 is 75.2 Å². The van der Waals surface area contributed by atoms with E-state index in [9.17, 15) is 42.8 Å². The molecule has 1 aliphatic rings. The molecule has 5 atom stereocenters. The molecule has 45 heavy (non-hydrogen) atoms. The van der Waals surface area contributed by atoms with E-state index in [2.05, 4.69) is 4.98 Å². The number of nitrogens with two attached hydrogens (primary N) is 1. The van der Waals surface area contributed by atoms with Gasteiger partial charge in [-0.15, -0.1) is 0 Å². The summed E-state index contributed by atoms with van der Waals surface area (Å²) in [5.41, 5.74) is 4.67. The topological polar surface area (TPSA) is 235 Å². The fourth-order valence-electron chi connectivity index (χ4n) is 4.44. The van der Waals surface area contributed by atoms with Gasteiger partial charge in [-0.25, -0.2) is 14.4 Å². The highest BCUT2D eigenvalue weighted by Crippen LogP contribution is 2.45. The van der Waals surface area contributed by atoms with E-state index in [-0.39, 0.29) is 24.7 Å². The number of carbonyl (C=O) groups excluding carboxylic acids is 2. The number of aliphatic hydroxyl groups is 2. The van der Waals surface area contributed by atoms with Gasteiger partial charge in [0.25, 0.3) is 0 Å². The Morgan fingerprint density at radius 1 is 1.31 bits per heavy atom. The number of nitrogens with zero attached hydrogens (tertiary/aromatic N) is 2. The fourth-order valence-corrected chi connectivity index (χ4v) is 5.50. The Labute approximate surface area is 253 Å². The minimum Gasteiger partial charge on any atom is -0.497 e. The van der Waals surface area contributed by atoms with Gasteiger partial charge >= 0.3 is 25.3 Å². The zero-order valence-electron chi connectivity index (χ0n) is 23.9. The average Bonchev–Trinajstić information content (AvgIpc) is 3.51. The third-order valence-electron chi connectivity index (χ3n) is 6.80. The van der Waals surface area contributed by atoms with Gasteiger partial charge in [0.05, 0.1) is 45.0 Å². The molecule has 0 bridgehead atoms. The first-order valence-electron chi connectivity index (χ1n) is 13.3. The van der Waals surface area contributed by atoms with Gasteiger partial charge in [0.1, 0.15) is 29.8 Å². The van der Waals surface area contributed by atoms with Crippen molar-refractivity contribution in [3.63, 3.8) is 0 Å². The molecule has 0 spiro atoms. The molecule has 0 saturated carbocycles. The van der Waals surface area contributed by atoms with E-state index >= 15 is 0 Å². The van der Waals surface area contributed by atoms with Crippen LogP contribution in [0, 0.1) is 0 Å². The fraction of sp³-hybridized carbons (Fsp3) is 0.462. The number of benzene rings is 1. The molecule has 1 fully saturated rings. The van der Waals surface area contributed by atoms with E-state index in [0.29, 0.717) is 26.8 Å². The van der Waals surface area contributed by atoms with Crippen molar-refractivity contribution in [2.45, 2.75) is 57.0 Å². The molecule has 0 amide bonds. The third-order valence-corrected chi connectivity index (χ3v) is 8.01. The number of hydrogen-bond donors (Lipinski definition) is 5. The number of furan rings is 1. The number of Topliss-reactive ketones (excluding diaryl/α,β-unsaturated/α-hetero) is 1. The van der Waals surface area contributed by atoms with Crippen molar-refractivity contribution in [1.82, 2.24) is 14.6 Å². The number of alkyl halides is 2. The minimum absolute atomic E-state index is 0.117. The predicted octanol–water partition coefficient (Wildman–Crippen LogP) is 0.293. The Balaban J connectivity index is 1.37. The lowest BCUT2D eigenvalue weighted by molar-refractivity contribution is -0.144. The minimum atomic E-state index is -4.71. The van der Waals surface area contributed by atoms with Crippen molar-refractivity contribution in [2.24, 2.45) is 5.73 Å². The first-order valence-corrected chi connectivity index (χ1v) is 14.9. The van der Waals surface area contributed by atoms with Crippen molar-refractivity contribution in [3.05, 3.63) is 58.0 Å². The zero-order chi connectivity index (χ0) is 33.1. The van der Waals surface area contributed by atoms with Gasteiger partial charge in [0, 0.05) is 17.1 Å². The molecule has 0 aliphatic carbocycles. The van der Waals surface area contributed by atoms with Crippen LogP contribution in [0.5, 0.6) is 5.75 Å². The van der Waals surface area contributed by atoms with E-state index in [1.165, 1.54) is 14.0 Å². The Morgan fingerprint density at radius 3 is 2.69 bits per heavy atom. The van der Waals surface area contributed by atoms with Gasteiger partial charge < -0.3 is 39.5 Å². The summed E-state index contributed by atoms with van der Waals surface area (Å²) in [6.07, 6.45) is -6.41. The van der Waals surface area contributed by atoms with Crippen LogP contribution in [0.25, 0.3) is 11.0 Å². The molecule has 3 heterocycles. The largest absolute Gasteiger partial charge is 0.497 e. The summed E-state index contributed by atoms with van der Waals surface area (Å²) in [5, 5.41) is 22.3. The summed E-state index contributed by atoms with van der Waals surface area (Å²) in [6.45, 7) is -0.810. The van der Waals surface area contributed by atoms with Crippen LogP contribution in [0.2, 0.25) is 0 Å². The van der Waals surface area contributed by atoms with E-state index in [1.807, 2.05) is 5.09 Å². The summed E-state index contributed by atoms with van der Waals surface area (Å²) in [4.78, 5) is 50.1. The lowest BCUT2D eigenvalue weighted by Crippen LogP contribution is -2.42. The van der Waals surface area contributed by atoms with Crippen LogP contribution < -0.4 is 21.2 Å². The van der Waals surface area contributed by atoms with E-state index in [0.717, 1.165) is 12.3 Å². The molecule has 1 aromatic carbocycles. The lowest BCUT2D eigenvalue weighted by Gasteiger charge is -2.21. The molecule has 1 aliphatic heterocycles. The molecule has 2 aromatic heterocycles. The van der Waals surface area contributed by atoms with Gasteiger partial charge in [-0.2, -0.15) is 13.8 Å². The summed E-state index contributed by atoms with van der Waals surface area (Å²) >= 11 is 0. The van der Waals surface area contributed by atoms with Gasteiger partial charge in [-0.05, 0) is 31.2 Å². The average molecular weight is 661 g/mol. The molecule has 3 aromatic rings. The maximum absolute atomic E-state index is 14.9. The Bertz CT molecular complexity index is 1660. The first kappa shape index (κ1) is 34.3. The monoisotopic (exact) mass is 660 g/mol. The second-order valence-corrected chi connectivity index (χ2v) is 11.6. The van der Waals surface area contributed by atoms with Crippen LogP contribution in [0.15, 0.2) is 39.7 Å². The van der Waals surface area contributed by atoms with Crippen LogP contribution in [0.1, 0.15) is 30.2 Å². The highest BCUT2D eigenvalue weighted by Gasteiger charge is 2.60. The second kappa shape index (κ2) is 13.8. The molecule has 6 N–H and O–H groups in total. The molecular formula is C26H31F2N4O12P. The van der Waals surface area contributed by atoms with Gasteiger partial charge in [0.2, 0.25) is 6.23 Å². The normalized spacial score (nSPS) is 21.4. The van der Waals surface area contributed by atoms with Crippen molar-refractivity contribution in [1.29, 1.82) is 0 Å². The van der Waals surface area contributed by atoms with Gasteiger partial charge in [-0.1, -0.05) is 0 Å². The van der Waals surface area contributed by atoms with Crippen molar-refractivity contribution in [2.75, 3.05) is 20.3 Å². The third kappa shape index (κ3) is 7.79. The number of aromatic nitrogens is 2. The Kier molecular flexibility index (Phi) is 10.5. The maximum atomic E-state index is 14.9. The number of rotatable bonds is 14. The van der Waals surface area contributed by atoms with Crippen LogP contribution in [0.3, 0.4) is 0 Å². The molecule has 0 radical (unpaired) electrons. The Morgan fingerprint density at radius 2 is 2.04 bits per heavy atom. The quantitative estimate of drug-likeness (QED) is 0.115. The maximum Gasteiger partial charge on any atom is 0.403 e. The number of hydrogen-bond acceptors (Lipinski definition) is 13. The highest BCUT2D eigenvalue weighted by molar-refractivity contribution is 7.50. The highest BCUT2D eigenvalue weighted by atomic mass is 31.2. The predicted molar refractivity (Wildman–Crippen MR) is 148 cm³/mol. The molecule has 2 unspecified atom stereocenters. The summed E-state index contributed by atoms with van der Waals surface area (Å²) < 4.78 is 68.3. The molecule has 4 rings (SSSR count). The number of ether oxygens (including phenoxy) is 3. The number of nitrogens with one attached hydrogen (secondary N) is 1. The molecule has 19 heteroatoms. The van der Waals surface area contributed by atoms with Crippen LogP contribution in [-0.2, 0) is 47.8 Å². The standard InChI is InChI=1S/C26H31F2N4O12P/c1-13(19(34)9-29)31-45(38,39)42-12-20-23(36)26(27,28)24(44-20)32-4-3-16(30-25(32)37)8-21(35)41-11-18-6-14-5-17(40-2)7-15(10-33)22(14)43-18/h3-7,13,20,23-24,33,36H,8-12,29H2,1-2H3,(H2,31,38,39)/t13-,20?,23+,24+/m0/s1. The smallest absolute Gasteiger partial charge is 0.403 e. The summed E-state index contributed by atoms with van der Waals surface area (Å²) in [7, 11) is -3.24. The van der Waals surface area contributed by atoms with Crippen LogP contribution in [0.4, 0.5) is 8.78 Å². The van der Waals surface area contributed by atoms with Crippen molar-refractivity contribution >= 4 is 30.5 Å². The second-order valence-electron chi connectivity index (χ2n) is 10.0. The number of esters is 1. The van der Waals surface area contributed by atoms with Crippen LogP contribution in [-0.4, -0.2) is 80.8 Å². The Hall–Kier alpha value is -3.61. The number of carbonyl (C=O) groups is 2. The zero-order valence-corrected chi connectivity index (χ0v) is 24.8. The molecular weight excluding hydrogens is 629 g/mol. The number of ketones is 1. The summed E-state index contributed by atoms with van der Waals surface area (Å²) in [5.74, 6) is -4.76. The van der Waals surface area contributed by atoms with Crippen LogP contribution >= 0.6 is 7.75 Å². The molecule has 1 saturated heterocycles. The lowest BCUT2D eigenvalue weighted by atomic mass is 10.1. The van der Waals surface area contributed by atoms with Gasteiger partial charge in [-0.3, -0.25) is 18.7 Å². The van der Waals surface area contributed by atoms with E-state index in [1.54, 1.807) is 18.2 Å². The number of fused-ring (bicyclic) bond motifs is 1. The van der Waals surface area contributed by atoms with Crippen molar-refractivity contribution < 1.29 is 61.2 Å².